The van der Waals surface area contributed by atoms with Crippen LogP contribution >= 0.6 is 0 Å². The fourth-order valence-corrected chi connectivity index (χ4v) is 5.45. The number of nitrogens with one attached hydrogen (secondary N) is 1. The maximum Gasteiger partial charge on any atom is 0.279 e. The van der Waals surface area contributed by atoms with Gasteiger partial charge < -0.3 is 14.8 Å². The lowest BCUT2D eigenvalue weighted by Gasteiger charge is -2.36. The predicted octanol–water partition coefficient (Wildman–Crippen LogP) is 5.47. The van der Waals surface area contributed by atoms with Crippen LogP contribution in [0.3, 0.4) is 0 Å². The van der Waals surface area contributed by atoms with Crippen molar-refractivity contribution in [3.05, 3.63) is 71.6 Å². The molecular weight excluding hydrogens is 428 g/mol. The van der Waals surface area contributed by atoms with Gasteiger partial charge in [-0.1, -0.05) is 12.8 Å². The molecule has 5 rings (SSSR count). The van der Waals surface area contributed by atoms with E-state index in [0.717, 1.165) is 48.4 Å². The van der Waals surface area contributed by atoms with Crippen molar-refractivity contribution in [1.82, 2.24) is 0 Å². The van der Waals surface area contributed by atoms with E-state index in [9.17, 15) is 9.59 Å². The number of hydrogen-bond acceptors (Lipinski definition) is 5. The molecular formula is C28H30N2O4. The second kappa shape index (κ2) is 9.37. The summed E-state index contributed by atoms with van der Waals surface area (Å²) in [6, 6.07) is 14.8. The van der Waals surface area contributed by atoms with Crippen molar-refractivity contribution in [2.75, 3.05) is 24.4 Å². The minimum Gasteiger partial charge on any atom is -0.497 e. The summed E-state index contributed by atoms with van der Waals surface area (Å²) in [5.41, 5.74) is 3.42. The molecule has 2 aromatic rings. The van der Waals surface area contributed by atoms with Crippen molar-refractivity contribution >= 4 is 23.1 Å². The van der Waals surface area contributed by atoms with Gasteiger partial charge in [0.25, 0.3) is 5.91 Å². The van der Waals surface area contributed by atoms with Crippen molar-refractivity contribution in [2.45, 2.75) is 38.5 Å². The molecule has 2 fully saturated rings. The van der Waals surface area contributed by atoms with Crippen molar-refractivity contribution in [1.29, 1.82) is 0 Å². The van der Waals surface area contributed by atoms with Gasteiger partial charge in [-0.2, -0.15) is 0 Å². The van der Waals surface area contributed by atoms with Gasteiger partial charge in [0.05, 0.1) is 19.9 Å². The summed E-state index contributed by atoms with van der Waals surface area (Å²) in [6.45, 7) is 0. The van der Waals surface area contributed by atoms with Gasteiger partial charge in [-0.05, 0) is 86.2 Å². The molecule has 1 amide bonds. The molecule has 2 saturated carbocycles. The number of carbonyl (C=O) groups is 2. The van der Waals surface area contributed by atoms with E-state index in [2.05, 4.69) is 5.32 Å². The van der Waals surface area contributed by atoms with Crippen LogP contribution < -0.4 is 19.7 Å². The van der Waals surface area contributed by atoms with Crippen LogP contribution in [0.4, 0.5) is 11.4 Å². The number of allylic oxidation sites excluding steroid dienone is 2. The van der Waals surface area contributed by atoms with Crippen LogP contribution in [-0.4, -0.2) is 25.9 Å². The first-order chi connectivity index (χ1) is 16.6. The lowest BCUT2D eigenvalue weighted by Crippen LogP contribution is -2.35. The number of ether oxygens (including phenoxy) is 2. The first-order valence-electron chi connectivity index (χ1n) is 12.0. The van der Waals surface area contributed by atoms with Crippen molar-refractivity contribution < 1.29 is 19.1 Å². The van der Waals surface area contributed by atoms with E-state index >= 15 is 0 Å². The summed E-state index contributed by atoms with van der Waals surface area (Å²) in [7, 11) is 3.23. The van der Waals surface area contributed by atoms with Crippen LogP contribution in [0.15, 0.2) is 71.6 Å². The normalized spacial score (nSPS) is 24.5. The molecule has 0 spiro atoms. The Labute approximate surface area is 200 Å². The van der Waals surface area contributed by atoms with E-state index in [1.807, 2.05) is 54.6 Å². The predicted molar refractivity (Wildman–Crippen MR) is 132 cm³/mol. The SMILES string of the molecule is COc1ccc(NC2=C/C(=C3/CC[C@@H]4CCCC[C@H]4C3=O)N(c3ccc(OC)cc3)C2=O)cc1. The number of anilines is 2. The lowest BCUT2D eigenvalue weighted by molar-refractivity contribution is -0.123. The molecule has 0 aromatic heterocycles. The number of rotatable bonds is 5. The number of ketones is 1. The van der Waals surface area contributed by atoms with Crippen LogP contribution in [0.1, 0.15) is 38.5 Å². The number of Topliss-reactive ketones (excluding diaryl/α,β-unsaturated/α-hetero) is 1. The number of fused-ring (bicyclic) bond motifs is 1. The standard InChI is InChI=1S/C28H30N2O4/c1-33-21-12-8-19(9-13-21)29-25-17-26(24-16-7-18-5-3-4-6-23(18)27(24)31)30(28(25)32)20-10-14-22(34-2)15-11-20/h8-15,17-18,23,29H,3-7,16H2,1-2H3/b26-24+/t18-,23+/m0/s1. The topological polar surface area (TPSA) is 67.9 Å². The summed E-state index contributed by atoms with van der Waals surface area (Å²) in [5.74, 6) is 2.08. The molecule has 0 unspecified atom stereocenters. The van der Waals surface area contributed by atoms with Gasteiger partial charge in [-0.15, -0.1) is 0 Å². The number of amides is 1. The van der Waals surface area contributed by atoms with Gasteiger partial charge in [-0.3, -0.25) is 14.5 Å². The fourth-order valence-electron chi connectivity index (χ4n) is 5.45. The third-order valence-corrected chi connectivity index (χ3v) is 7.27. The lowest BCUT2D eigenvalue weighted by atomic mass is 9.68. The molecule has 0 saturated heterocycles. The average Bonchev–Trinajstić information content (AvgIpc) is 3.20. The Hall–Kier alpha value is -3.54. The fraction of sp³-hybridized carbons (Fsp3) is 0.357. The van der Waals surface area contributed by atoms with E-state index in [1.54, 1.807) is 19.1 Å². The molecule has 0 bridgehead atoms. The van der Waals surface area contributed by atoms with Gasteiger partial charge >= 0.3 is 0 Å². The number of methoxy groups -OCH3 is 2. The molecule has 0 radical (unpaired) electrons. The summed E-state index contributed by atoms with van der Waals surface area (Å²) >= 11 is 0. The molecule has 1 N–H and O–H groups in total. The maximum atomic E-state index is 13.6. The number of hydrogen-bond donors (Lipinski definition) is 1. The second-order valence-corrected chi connectivity index (χ2v) is 9.17. The quantitative estimate of drug-likeness (QED) is 0.602. The summed E-state index contributed by atoms with van der Waals surface area (Å²) in [6.07, 6.45) is 7.98. The largest absolute Gasteiger partial charge is 0.497 e. The number of carbonyl (C=O) groups excluding carboxylic acids is 2. The second-order valence-electron chi connectivity index (χ2n) is 9.17. The zero-order valence-corrected chi connectivity index (χ0v) is 19.7. The minimum absolute atomic E-state index is 0.0878. The first-order valence-corrected chi connectivity index (χ1v) is 12.0. The Morgan fingerprint density at radius 2 is 1.50 bits per heavy atom. The van der Waals surface area contributed by atoms with Crippen molar-refractivity contribution in [3.8, 4) is 11.5 Å². The van der Waals surface area contributed by atoms with Crippen LogP contribution in [-0.2, 0) is 9.59 Å². The Morgan fingerprint density at radius 1 is 0.853 bits per heavy atom. The highest BCUT2D eigenvalue weighted by atomic mass is 16.5. The molecule has 34 heavy (non-hydrogen) atoms. The summed E-state index contributed by atoms with van der Waals surface area (Å²) in [5, 5.41) is 3.25. The monoisotopic (exact) mass is 458 g/mol. The Bertz CT molecular complexity index is 1150. The molecule has 1 aliphatic heterocycles. The van der Waals surface area contributed by atoms with Crippen molar-refractivity contribution in [3.63, 3.8) is 0 Å². The highest BCUT2D eigenvalue weighted by Crippen LogP contribution is 2.43. The Morgan fingerprint density at radius 3 is 2.18 bits per heavy atom. The van der Waals surface area contributed by atoms with E-state index in [1.165, 1.54) is 6.42 Å². The molecule has 6 heteroatoms. The molecule has 2 aromatic carbocycles. The number of benzene rings is 2. The van der Waals surface area contributed by atoms with Gasteiger partial charge in [0.2, 0.25) is 0 Å². The zero-order valence-electron chi connectivity index (χ0n) is 19.7. The van der Waals surface area contributed by atoms with Gasteiger partial charge in [0.1, 0.15) is 17.2 Å². The molecule has 1 heterocycles. The minimum atomic E-state index is -0.179. The zero-order chi connectivity index (χ0) is 23.7. The van der Waals surface area contributed by atoms with E-state index in [4.69, 9.17) is 9.47 Å². The van der Waals surface area contributed by atoms with E-state index in [-0.39, 0.29) is 17.6 Å². The molecule has 2 aliphatic carbocycles. The van der Waals surface area contributed by atoms with Gasteiger partial charge in [0.15, 0.2) is 5.78 Å². The average molecular weight is 459 g/mol. The highest BCUT2D eigenvalue weighted by Gasteiger charge is 2.40. The molecule has 176 valence electrons. The highest BCUT2D eigenvalue weighted by molar-refractivity contribution is 6.15. The van der Waals surface area contributed by atoms with E-state index < -0.39 is 0 Å². The van der Waals surface area contributed by atoms with E-state index in [0.29, 0.717) is 29.5 Å². The molecule has 6 nitrogen and oxygen atoms in total. The third kappa shape index (κ3) is 4.09. The maximum absolute atomic E-state index is 13.6. The molecule has 2 atom stereocenters. The smallest absolute Gasteiger partial charge is 0.279 e. The Kier molecular flexibility index (Phi) is 6.14. The summed E-state index contributed by atoms with van der Waals surface area (Å²) in [4.78, 5) is 28.9. The third-order valence-electron chi connectivity index (χ3n) is 7.27. The van der Waals surface area contributed by atoms with Crippen LogP contribution in [0, 0.1) is 11.8 Å². The molecule has 3 aliphatic rings. The first kappa shape index (κ1) is 22.3. The van der Waals surface area contributed by atoms with Crippen molar-refractivity contribution in [2.24, 2.45) is 11.8 Å². The summed E-state index contributed by atoms with van der Waals surface area (Å²) < 4.78 is 10.5. The Balaban J connectivity index is 1.53. The van der Waals surface area contributed by atoms with Crippen LogP contribution in [0.5, 0.6) is 11.5 Å². The number of nitrogens with zero attached hydrogens (tertiary/aromatic N) is 1. The van der Waals surface area contributed by atoms with Crippen LogP contribution in [0.2, 0.25) is 0 Å². The van der Waals surface area contributed by atoms with Gasteiger partial charge in [-0.25, -0.2) is 0 Å². The van der Waals surface area contributed by atoms with Crippen LogP contribution in [0.25, 0.3) is 0 Å². The van der Waals surface area contributed by atoms with Gasteiger partial charge in [0, 0.05) is 22.9 Å².